The Bertz CT molecular complexity index is 1060. The molecule has 3 aromatic carbocycles. The molecule has 5 nitrogen and oxygen atoms in total. The molecule has 0 unspecified atom stereocenters. The summed E-state index contributed by atoms with van der Waals surface area (Å²) in [6.45, 7) is 1.43. The Hall–Kier alpha value is -3.19. The Labute approximate surface area is 169 Å². The lowest BCUT2D eigenvalue weighted by atomic mass is 10.1. The summed E-state index contributed by atoms with van der Waals surface area (Å²) >= 11 is 0. The van der Waals surface area contributed by atoms with Crippen molar-refractivity contribution in [3.63, 3.8) is 0 Å². The van der Waals surface area contributed by atoms with Crippen LogP contribution in [0.5, 0.6) is 0 Å². The molecule has 0 aromatic heterocycles. The zero-order valence-electron chi connectivity index (χ0n) is 15.8. The van der Waals surface area contributed by atoms with Crippen molar-refractivity contribution in [2.45, 2.75) is 17.9 Å². The van der Waals surface area contributed by atoms with Gasteiger partial charge in [0.1, 0.15) is 12.4 Å². The summed E-state index contributed by atoms with van der Waals surface area (Å²) in [5.41, 5.74) is 1.26. The number of para-hydroxylation sites is 1. The molecule has 1 N–H and O–H groups in total. The lowest BCUT2D eigenvalue weighted by Crippen LogP contribution is -2.41. The molecule has 29 heavy (non-hydrogen) atoms. The first-order valence-corrected chi connectivity index (χ1v) is 10.5. The number of nitrogens with zero attached hydrogens (tertiary/aromatic N) is 1. The molecule has 0 fully saturated rings. The molecule has 0 aliphatic carbocycles. The van der Waals surface area contributed by atoms with Gasteiger partial charge in [-0.25, -0.2) is 12.8 Å². The van der Waals surface area contributed by atoms with Crippen LogP contribution in [0.2, 0.25) is 0 Å². The number of amides is 1. The molecule has 0 saturated carbocycles. The molecule has 1 amide bonds. The maximum absolute atomic E-state index is 13.2. The Morgan fingerprint density at radius 2 is 1.48 bits per heavy atom. The van der Waals surface area contributed by atoms with Gasteiger partial charge in [0.2, 0.25) is 5.91 Å². The predicted molar refractivity (Wildman–Crippen MR) is 110 cm³/mol. The summed E-state index contributed by atoms with van der Waals surface area (Å²) in [6, 6.07) is 22.0. The van der Waals surface area contributed by atoms with Crippen molar-refractivity contribution in [2.75, 3.05) is 10.8 Å². The largest absolute Gasteiger partial charge is 0.348 e. The van der Waals surface area contributed by atoms with Crippen molar-refractivity contribution < 1.29 is 17.6 Å². The quantitative estimate of drug-likeness (QED) is 0.640. The van der Waals surface area contributed by atoms with Gasteiger partial charge in [-0.15, -0.1) is 0 Å². The van der Waals surface area contributed by atoms with Crippen LogP contribution >= 0.6 is 0 Å². The fraction of sp³-hybridized carbons (Fsp3) is 0.136. The first-order valence-electron chi connectivity index (χ1n) is 9.05. The fourth-order valence-corrected chi connectivity index (χ4v) is 4.31. The molecule has 0 saturated heterocycles. The Morgan fingerprint density at radius 3 is 2.07 bits per heavy atom. The molecule has 150 valence electrons. The van der Waals surface area contributed by atoms with E-state index < -0.39 is 28.3 Å². The number of carbonyl (C=O) groups is 1. The van der Waals surface area contributed by atoms with Crippen molar-refractivity contribution in [3.05, 3.63) is 96.3 Å². The summed E-state index contributed by atoms with van der Waals surface area (Å²) in [6.07, 6.45) is 0. The topological polar surface area (TPSA) is 66.5 Å². The predicted octanol–water partition coefficient (Wildman–Crippen LogP) is 3.90. The van der Waals surface area contributed by atoms with Crippen LogP contribution in [0.25, 0.3) is 0 Å². The molecule has 0 spiro atoms. The number of anilines is 1. The minimum Gasteiger partial charge on any atom is -0.348 e. The van der Waals surface area contributed by atoms with Crippen molar-refractivity contribution >= 4 is 21.6 Å². The van der Waals surface area contributed by atoms with Gasteiger partial charge in [0, 0.05) is 0 Å². The number of hydrogen-bond donors (Lipinski definition) is 1. The van der Waals surface area contributed by atoms with Gasteiger partial charge < -0.3 is 5.32 Å². The fourth-order valence-electron chi connectivity index (χ4n) is 2.89. The van der Waals surface area contributed by atoms with Crippen LogP contribution in [0.3, 0.4) is 0 Å². The van der Waals surface area contributed by atoms with E-state index in [1.165, 1.54) is 12.1 Å². The molecule has 7 heteroatoms. The second kappa shape index (κ2) is 8.87. The number of nitrogens with one attached hydrogen (secondary N) is 1. The third kappa shape index (κ3) is 5.00. The highest BCUT2D eigenvalue weighted by atomic mass is 32.2. The van der Waals surface area contributed by atoms with Crippen molar-refractivity contribution in [3.8, 4) is 0 Å². The van der Waals surface area contributed by atoms with Gasteiger partial charge in [0.15, 0.2) is 0 Å². The number of carbonyl (C=O) groups excluding carboxylic acids is 1. The minimum absolute atomic E-state index is 0.0911. The van der Waals surface area contributed by atoms with Gasteiger partial charge in [-0.3, -0.25) is 9.10 Å². The van der Waals surface area contributed by atoms with Crippen LogP contribution in [0.1, 0.15) is 18.5 Å². The molecule has 0 aliphatic heterocycles. The summed E-state index contributed by atoms with van der Waals surface area (Å²) in [7, 11) is -4.06. The van der Waals surface area contributed by atoms with Gasteiger partial charge >= 0.3 is 0 Å². The molecule has 1 atom stereocenters. The van der Waals surface area contributed by atoms with Crippen LogP contribution in [0, 0.1) is 5.82 Å². The van der Waals surface area contributed by atoms with Crippen molar-refractivity contribution in [1.82, 2.24) is 5.32 Å². The number of hydrogen-bond acceptors (Lipinski definition) is 3. The molecule has 0 bridgehead atoms. The Balaban J connectivity index is 1.86. The van der Waals surface area contributed by atoms with E-state index in [2.05, 4.69) is 5.32 Å². The average molecular weight is 412 g/mol. The monoisotopic (exact) mass is 412 g/mol. The first kappa shape index (κ1) is 20.5. The van der Waals surface area contributed by atoms with Crippen LogP contribution < -0.4 is 9.62 Å². The van der Waals surface area contributed by atoms with E-state index in [1.54, 1.807) is 30.3 Å². The van der Waals surface area contributed by atoms with E-state index in [0.717, 1.165) is 22.0 Å². The lowest BCUT2D eigenvalue weighted by Gasteiger charge is -2.25. The van der Waals surface area contributed by atoms with Crippen LogP contribution in [-0.4, -0.2) is 20.9 Å². The van der Waals surface area contributed by atoms with Crippen LogP contribution in [-0.2, 0) is 14.8 Å². The maximum Gasteiger partial charge on any atom is 0.264 e. The molecular formula is C22H21FN2O3S. The molecule has 3 rings (SSSR count). The van der Waals surface area contributed by atoms with Gasteiger partial charge in [-0.05, 0) is 48.9 Å². The normalized spacial score (nSPS) is 12.2. The van der Waals surface area contributed by atoms with Crippen molar-refractivity contribution in [2.24, 2.45) is 0 Å². The van der Waals surface area contributed by atoms with E-state index in [-0.39, 0.29) is 10.9 Å². The average Bonchev–Trinajstić information content (AvgIpc) is 2.73. The van der Waals surface area contributed by atoms with E-state index in [0.29, 0.717) is 5.69 Å². The number of rotatable bonds is 7. The van der Waals surface area contributed by atoms with Gasteiger partial charge in [0.25, 0.3) is 10.0 Å². The third-order valence-electron chi connectivity index (χ3n) is 4.41. The zero-order chi connectivity index (χ0) is 20.9. The van der Waals surface area contributed by atoms with E-state index in [4.69, 9.17) is 0 Å². The van der Waals surface area contributed by atoms with Crippen LogP contribution in [0.15, 0.2) is 89.8 Å². The van der Waals surface area contributed by atoms with Gasteiger partial charge in [-0.1, -0.05) is 48.5 Å². The number of sulfonamides is 1. The molecular weight excluding hydrogens is 391 g/mol. The van der Waals surface area contributed by atoms with Crippen molar-refractivity contribution in [1.29, 1.82) is 0 Å². The smallest absolute Gasteiger partial charge is 0.264 e. The Morgan fingerprint density at radius 1 is 0.931 bits per heavy atom. The molecule has 0 aliphatic rings. The SMILES string of the molecule is C[C@H](NC(=O)CN(c1ccccc1)S(=O)(=O)c1ccc(F)cc1)c1ccccc1. The second-order valence-electron chi connectivity index (χ2n) is 6.50. The highest BCUT2D eigenvalue weighted by Gasteiger charge is 2.27. The minimum atomic E-state index is -4.06. The summed E-state index contributed by atoms with van der Waals surface area (Å²) in [5.74, 6) is -0.986. The number of benzene rings is 3. The highest BCUT2D eigenvalue weighted by Crippen LogP contribution is 2.23. The Kier molecular flexibility index (Phi) is 6.29. The number of halogens is 1. The first-order chi connectivity index (χ1) is 13.9. The standard InChI is InChI=1S/C22H21FN2O3S/c1-17(18-8-4-2-5-9-18)24-22(26)16-25(20-10-6-3-7-11-20)29(27,28)21-14-12-19(23)13-15-21/h2-15,17H,16H2,1H3,(H,24,26)/t17-/m0/s1. The summed E-state index contributed by atoms with van der Waals surface area (Å²) < 4.78 is 40.6. The van der Waals surface area contributed by atoms with Gasteiger partial charge in [-0.2, -0.15) is 0 Å². The molecule has 0 radical (unpaired) electrons. The molecule has 0 heterocycles. The van der Waals surface area contributed by atoms with Crippen LogP contribution in [0.4, 0.5) is 10.1 Å². The van der Waals surface area contributed by atoms with E-state index >= 15 is 0 Å². The lowest BCUT2D eigenvalue weighted by molar-refractivity contribution is -0.120. The summed E-state index contributed by atoms with van der Waals surface area (Å²) in [4.78, 5) is 12.6. The van der Waals surface area contributed by atoms with Gasteiger partial charge in [0.05, 0.1) is 16.6 Å². The van der Waals surface area contributed by atoms with E-state index in [1.807, 2.05) is 37.3 Å². The zero-order valence-corrected chi connectivity index (χ0v) is 16.6. The summed E-state index contributed by atoms with van der Waals surface area (Å²) in [5, 5.41) is 2.82. The van der Waals surface area contributed by atoms with E-state index in [9.17, 15) is 17.6 Å². The molecule has 3 aromatic rings. The maximum atomic E-state index is 13.2. The highest BCUT2D eigenvalue weighted by molar-refractivity contribution is 7.92. The third-order valence-corrected chi connectivity index (χ3v) is 6.20. The second-order valence-corrected chi connectivity index (χ2v) is 8.36.